The first-order valence-electron chi connectivity index (χ1n) is 45.7. The van der Waals surface area contributed by atoms with E-state index < -0.39 is 0 Å². The molecule has 0 atom stereocenters. The van der Waals surface area contributed by atoms with E-state index in [9.17, 15) is 0 Å². The number of nitrogens with zero attached hydrogens (tertiary/aromatic N) is 6. The van der Waals surface area contributed by atoms with Crippen molar-refractivity contribution in [3.63, 3.8) is 0 Å². The molecular formula is C125H102N6. The lowest BCUT2D eigenvalue weighted by Crippen LogP contribution is -2.17. The fourth-order valence-electron chi connectivity index (χ4n) is 20.4. The molecule has 0 spiro atoms. The number of hydrogen-bond donors (Lipinski definition) is 0. The number of anilines is 18. The molecule has 0 aliphatic carbocycles. The lowest BCUT2D eigenvalue weighted by Gasteiger charge is -2.35. The molecule has 0 saturated heterocycles. The maximum atomic E-state index is 2.63. The van der Waals surface area contributed by atoms with Crippen molar-refractivity contribution in [3.8, 4) is 11.1 Å². The zero-order valence-corrected chi connectivity index (χ0v) is 75.8. The van der Waals surface area contributed by atoms with Crippen molar-refractivity contribution >= 4 is 167 Å². The van der Waals surface area contributed by atoms with E-state index in [1.54, 1.807) is 0 Å². The Bertz CT molecular complexity index is 7800. The van der Waals surface area contributed by atoms with E-state index >= 15 is 0 Å². The van der Waals surface area contributed by atoms with Gasteiger partial charge in [0.1, 0.15) is 0 Å². The van der Waals surface area contributed by atoms with Crippen molar-refractivity contribution in [1.82, 2.24) is 0 Å². The molecule has 0 aromatic heterocycles. The summed E-state index contributed by atoms with van der Waals surface area (Å²) in [6.07, 6.45) is 0.606. The highest BCUT2D eigenvalue weighted by atomic mass is 15.2. The van der Waals surface area contributed by atoms with Gasteiger partial charge in [0, 0.05) is 133 Å². The zero-order valence-electron chi connectivity index (χ0n) is 75.8. The van der Waals surface area contributed by atoms with Crippen molar-refractivity contribution in [2.45, 2.75) is 75.7 Å². The molecule has 0 saturated carbocycles. The van der Waals surface area contributed by atoms with Crippen LogP contribution in [0.5, 0.6) is 0 Å². The Morgan fingerprint density at radius 3 is 0.763 bits per heavy atom. The quantitative estimate of drug-likeness (QED) is 0.0524. The summed E-state index contributed by atoms with van der Waals surface area (Å²) >= 11 is 0. The number of para-hydroxylation sites is 6. The standard InChI is InChI=1S/C125H102N6/c1-82-40-36-51-96(74-82)126(95-49-12-11-13-50-95)120-102-55-19-21-57-104(102)121(105-58-22-20-56-103(105)120)127(97-52-37-41-83(2)75-97)99-54-39-48-92(79-99)78-93-80-94(81-119(91(93)10)131(118-71-35-18-47-89(118)8)125-112-65-29-27-63-110(112)124(111-64-28-30-66-113(111)125)130(116-69-33-16-45-87(116)6)117-70-34-17-46-88(117)7)101-73-72-100(77-90(101)9)129(115-68-32-15-44-86(115)5)123-108-61-25-23-59-106(108)122(107-60-24-26-62-109(107)123)128(98-53-38-42-84(3)76-98)114-67-31-14-43-85(114)4/h11-77,79-81H,78H2,1-10H3. The molecule has 21 rings (SSSR count). The van der Waals surface area contributed by atoms with Crippen LogP contribution in [-0.4, -0.2) is 0 Å². The average Bonchev–Trinajstić information content (AvgIpc) is 0.723. The van der Waals surface area contributed by atoms with Gasteiger partial charge in [-0.05, 0) is 263 Å². The first-order valence-corrected chi connectivity index (χ1v) is 45.7. The van der Waals surface area contributed by atoms with Gasteiger partial charge in [-0.3, -0.25) is 0 Å². The van der Waals surface area contributed by atoms with E-state index in [0.717, 1.165) is 195 Å². The van der Waals surface area contributed by atoms with Gasteiger partial charge in [0.15, 0.2) is 0 Å². The smallest absolute Gasteiger partial charge is 0.0620 e. The predicted octanol–water partition coefficient (Wildman–Crippen LogP) is 35.8. The van der Waals surface area contributed by atoms with E-state index in [1.165, 1.54) is 50.1 Å². The Kier molecular flexibility index (Phi) is 21.7. The molecule has 0 amide bonds. The van der Waals surface area contributed by atoms with Crippen LogP contribution in [-0.2, 0) is 6.42 Å². The Hall–Kier alpha value is -16.0. The zero-order chi connectivity index (χ0) is 89.1. The van der Waals surface area contributed by atoms with E-state index in [2.05, 4.69) is 523 Å². The molecular weight excluding hydrogens is 1590 g/mol. The van der Waals surface area contributed by atoms with Crippen molar-refractivity contribution in [1.29, 1.82) is 0 Å². The maximum absolute atomic E-state index is 2.63. The highest BCUT2D eigenvalue weighted by Gasteiger charge is 2.33. The molecule has 131 heavy (non-hydrogen) atoms. The first kappa shape index (κ1) is 82.0. The highest BCUT2D eigenvalue weighted by Crippen LogP contribution is 2.58. The van der Waals surface area contributed by atoms with E-state index in [-0.39, 0.29) is 0 Å². The molecule has 0 radical (unpaired) electrons. The molecule has 632 valence electrons. The number of fused-ring (bicyclic) bond motifs is 6. The Morgan fingerprint density at radius 1 is 0.168 bits per heavy atom. The van der Waals surface area contributed by atoms with Gasteiger partial charge in [-0.1, -0.05) is 315 Å². The second kappa shape index (κ2) is 34.6. The molecule has 0 bridgehead atoms. The van der Waals surface area contributed by atoms with Crippen molar-refractivity contribution in [3.05, 3.63) is 491 Å². The third kappa shape index (κ3) is 14.9. The lowest BCUT2D eigenvalue weighted by atomic mass is 9.90. The van der Waals surface area contributed by atoms with Crippen LogP contribution in [0.3, 0.4) is 0 Å². The summed E-state index contributed by atoms with van der Waals surface area (Å²) in [5.74, 6) is 0. The van der Waals surface area contributed by atoms with Crippen LogP contribution in [0.25, 0.3) is 75.8 Å². The minimum atomic E-state index is 0.606. The molecule has 6 heteroatoms. The van der Waals surface area contributed by atoms with Crippen molar-refractivity contribution < 1.29 is 0 Å². The van der Waals surface area contributed by atoms with Crippen LogP contribution in [0.2, 0.25) is 0 Å². The number of rotatable bonds is 21. The summed E-state index contributed by atoms with van der Waals surface area (Å²) in [4.78, 5) is 15.2. The monoisotopic (exact) mass is 1690 g/mol. The van der Waals surface area contributed by atoms with Gasteiger partial charge in [-0.25, -0.2) is 0 Å². The fourth-order valence-corrected chi connectivity index (χ4v) is 20.4. The minimum absolute atomic E-state index is 0.606. The highest BCUT2D eigenvalue weighted by molar-refractivity contribution is 6.27. The van der Waals surface area contributed by atoms with Gasteiger partial charge < -0.3 is 29.4 Å². The molecule has 0 unspecified atom stereocenters. The van der Waals surface area contributed by atoms with Crippen LogP contribution in [0.4, 0.5) is 102 Å². The van der Waals surface area contributed by atoms with Crippen LogP contribution in [0.15, 0.2) is 425 Å². The molecule has 0 fully saturated rings. The van der Waals surface area contributed by atoms with E-state index in [4.69, 9.17) is 0 Å². The second-order valence-corrected chi connectivity index (χ2v) is 35.3. The second-order valence-electron chi connectivity index (χ2n) is 35.3. The summed E-state index contributed by atoms with van der Waals surface area (Å²) in [6.45, 7) is 22.5. The topological polar surface area (TPSA) is 19.4 Å². The third-order valence-corrected chi connectivity index (χ3v) is 26.6. The molecule has 0 heterocycles. The Labute approximate surface area is 769 Å². The fraction of sp³-hybridized carbons (Fsp3) is 0.0880. The van der Waals surface area contributed by atoms with Gasteiger partial charge in [-0.2, -0.15) is 0 Å². The van der Waals surface area contributed by atoms with Crippen LogP contribution >= 0.6 is 0 Å². The first-order chi connectivity index (χ1) is 64.2. The summed E-state index contributed by atoms with van der Waals surface area (Å²) in [7, 11) is 0. The van der Waals surface area contributed by atoms with Crippen molar-refractivity contribution in [2.75, 3.05) is 29.4 Å². The normalized spacial score (nSPS) is 11.5. The van der Waals surface area contributed by atoms with E-state index in [1.807, 2.05) is 0 Å². The summed E-state index contributed by atoms with van der Waals surface area (Å²) < 4.78 is 0. The average molecular weight is 1690 g/mol. The maximum Gasteiger partial charge on any atom is 0.0620 e. The Morgan fingerprint density at radius 2 is 0.427 bits per heavy atom. The van der Waals surface area contributed by atoms with Gasteiger partial charge in [-0.15, -0.1) is 0 Å². The van der Waals surface area contributed by atoms with Gasteiger partial charge in [0.25, 0.3) is 0 Å². The third-order valence-electron chi connectivity index (χ3n) is 26.6. The SMILES string of the molecule is Cc1cccc(N(c2ccccc2)c2c3ccccc3c(N(c3cccc(C)c3)c3cccc(Cc4cc(-c5ccc(N(c6ccccc6C)c6c7ccccc7c(N(c7cccc(C)c7)c7ccccc7C)c7ccccc67)cc5C)cc(N(c5ccccc5C)c5c6ccccc6c(N(c6ccccc6C)c6ccccc6C)c6ccccc56)c4C)c3)c3ccccc23)c1. The van der Waals surface area contributed by atoms with Gasteiger partial charge >= 0.3 is 0 Å². The summed E-state index contributed by atoms with van der Waals surface area (Å²) in [5, 5.41) is 13.7. The molecule has 0 aliphatic rings. The van der Waals surface area contributed by atoms with Crippen molar-refractivity contribution in [2.24, 2.45) is 0 Å². The molecule has 0 aliphatic heterocycles. The number of aryl methyl sites for hydroxylation is 9. The summed E-state index contributed by atoms with van der Waals surface area (Å²) in [6, 6.07) is 159. The molecule has 6 nitrogen and oxygen atoms in total. The largest absolute Gasteiger partial charge is 0.309 e. The van der Waals surface area contributed by atoms with Crippen LogP contribution < -0.4 is 29.4 Å². The van der Waals surface area contributed by atoms with Gasteiger partial charge in [0.2, 0.25) is 0 Å². The van der Waals surface area contributed by atoms with Crippen LogP contribution in [0.1, 0.15) is 66.8 Å². The molecule has 21 aromatic rings. The van der Waals surface area contributed by atoms with Gasteiger partial charge in [0.05, 0.1) is 34.1 Å². The van der Waals surface area contributed by atoms with E-state index in [0.29, 0.717) is 6.42 Å². The lowest BCUT2D eigenvalue weighted by molar-refractivity contribution is 1.13. The predicted molar refractivity (Wildman–Crippen MR) is 562 cm³/mol. The van der Waals surface area contributed by atoms with Crippen LogP contribution in [0, 0.1) is 69.2 Å². The Balaban J connectivity index is 0.796. The minimum Gasteiger partial charge on any atom is -0.309 e. The summed E-state index contributed by atoms with van der Waals surface area (Å²) in [5.41, 5.74) is 36.3. The molecule has 0 N–H and O–H groups in total. The number of benzene rings is 21. The molecule has 21 aromatic carbocycles. The number of hydrogen-bond acceptors (Lipinski definition) is 6.